The maximum Gasteiger partial charge on any atom is 0.321 e. The second-order valence-corrected chi connectivity index (χ2v) is 6.72. The second-order valence-electron chi connectivity index (χ2n) is 6.72. The second kappa shape index (κ2) is 8.66. The largest absolute Gasteiger partial charge is 0.469 e. The number of anilines is 1. The molecule has 142 valence electrons. The fourth-order valence-corrected chi connectivity index (χ4v) is 3.37. The van der Waals surface area contributed by atoms with Crippen molar-refractivity contribution in [2.75, 3.05) is 25.5 Å². The minimum absolute atomic E-state index is 0.183. The molecule has 0 aromatic heterocycles. The molecule has 3 rings (SSSR count). The van der Waals surface area contributed by atoms with Crippen LogP contribution in [0.3, 0.4) is 0 Å². The Labute approximate surface area is 158 Å². The van der Waals surface area contributed by atoms with Crippen molar-refractivity contribution in [2.45, 2.75) is 25.2 Å². The van der Waals surface area contributed by atoms with Crippen LogP contribution in [0, 0.1) is 5.82 Å². The van der Waals surface area contributed by atoms with Crippen LogP contribution in [0.25, 0.3) is 0 Å². The van der Waals surface area contributed by atoms with Gasteiger partial charge in [0.25, 0.3) is 0 Å². The molecule has 0 bridgehead atoms. The molecular weight excluding hydrogens is 347 g/mol. The van der Waals surface area contributed by atoms with Crippen molar-refractivity contribution in [3.63, 3.8) is 0 Å². The summed E-state index contributed by atoms with van der Waals surface area (Å²) in [6.45, 7) is 1.29. The fraction of sp³-hybridized carbons (Fsp3) is 0.333. The van der Waals surface area contributed by atoms with Gasteiger partial charge in [0.1, 0.15) is 5.82 Å². The Bertz CT molecular complexity index is 807. The number of carbonyl (C=O) groups excluding carboxylic acids is 2. The summed E-state index contributed by atoms with van der Waals surface area (Å²) < 4.78 is 17.7. The number of ether oxygens (including phenoxy) is 1. The van der Waals surface area contributed by atoms with Crippen molar-refractivity contribution < 1.29 is 18.7 Å². The summed E-state index contributed by atoms with van der Waals surface area (Å²) in [6.07, 6.45) is 2.14. The van der Waals surface area contributed by atoms with Crippen LogP contribution in [0.2, 0.25) is 0 Å². The molecule has 1 aliphatic rings. The van der Waals surface area contributed by atoms with Gasteiger partial charge in [-0.05, 0) is 48.2 Å². The summed E-state index contributed by atoms with van der Waals surface area (Å²) in [5, 5.41) is 2.82. The third-order valence-electron chi connectivity index (χ3n) is 4.80. The van der Waals surface area contributed by atoms with E-state index >= 15 is 0 Å². The zero-order valence-electron chi connectivity index (χ0n) is 15.3. The van der Waals surface area contributed by atoms with E-state index in [1.54, 1.807) is 17.0 Å². The third-order valence-corrected chi connectivity index (χ3v) is 4.80. The molecule has 0 saturated carbocycles. The molecule has 1 aliphatic heterocycles. The molecule has 2 amide bonds. The van der Waals surface area contributed by atoms with Crippen molar-refractivity contribution in [3.05, 3.63) is 65.5 Å². The van der Waals surface area contributed by atoms with E-state index in [1.165, 1.54) is 19.2 Å². The predicted octanol–water partition coefficient (Wildman–Crippen LogP) is 3.95. The number of piperidine rings is 1. The van der Waals surface area contributed by atoms with Gasteiger partial charge in [-0.2, -0.15) is 0 Å². The lowest BCUT2D eigenvalue weighted by Gasteiger charge is -2.33. The first-order valence-corrected chi connectivity index (χ1v) is 9.02. The molecule has 2 aromatic carbocycles. The van der Waals surface area contributed by atoms with Crippen molar-refractivity contribution in [3.8, 4) is 0 Å². The zero-order valence-corrected chi connectivity index (χ0v) is 15.3. The first kappa shape index (κ1) is 18.9. The number of hydrogen-bond acceptors (Lipinski definition) is 3. The third kappa shape index (κ3) is 5.06. The van der Waals surface area contributed by atoms with Gasteiger partial charge in [0.2, 0.25) is 0 Å². The van der Waals surface area contributed by atoms with Crippen LogP contribution in [-0.4, -0.2) is 37.1 Å². The highest BCUT2D eigenvalue weighted by Gasteiger charge is 2.25. The summed E-state index contributed by atoms with van der Waals surface area (Å²) in [5.74, 6) is -0.385. The highest BCUT2D eigenvalue weighted by atomic mass is 19.1. The van der Waals surface area contributed by atoms with Gasteiger partial charge < -0.3 is 15.0 Å². The fourth-order valence-electron chi connectivity index (χ4n) is 3.37. The standard InChI is InChI=1S/C21H23FN2O3/c1-27-20(25)13-15-4-2-5-16(12-15)17-6-3-11-24(14-17)21(26)23-19-9-7-18(22)8-10-19/h2,4-5,7-10,12,17H,3,6,11,13-14H2,1H3,(H,23,26). The van der Waals surface area contributed by atoms with E-state index in [4.69, 9.17) is 4.74 Å². The van der Waals surface area contributed by atoms with E-state index in [2.05, 4.69) is 5.32 Å². The number of hydrogen-bond donors (Lipinski definition) is 1. The van der Waals surface area contributed by atoms with Crippen LogP contribution >= 0.6 is 0 Å². The van der Waals surface area contributed by atoms with Crippen LogP contribution < -0.4 is 5.32 Å². The lowest BCUT2D eigenvalue weighted by Crippen LogP contribution is -2.41. The van der Waals surface area contributed by atoms with E-state index in [0.29, 0.717) is 18.8 Å². The van der Waals surface area contributed by atoms with E-state index in [-0.39, 0.29) is 30.2 Å². The Morgan fingerprint density at radius 2 is 2.00 bits per heavy atom. The number of rotatable bonds is 4. The Hall–Kier alpha value is -2.89. The van der Waals surface area contributed by atoms with E-state index < -0.39 is 0 Å². The molecule has 1 atom stereocenters. The predicted molar refractivity (Wildman–Crippen MR) is 101 cm³/mol. The quantitative estimate of drug-likeness (QED) is 0.829. The first-order valence-electron chi connectivity index (χ1n) is 9.02. The maximum atomic E-state index is 13.0. The van der Waals surface area contributed by atoms with Crippen LogP contribution in [-0.2, 0) is 16.0 Å². The summed E-state index contributed by atoms with van der Waals surface area (Å²) in [6, 6.07) is 13.4. The van der Waals surface area contributed by atoms with E-state index in [9.17, 15) is 14.0 Å². The van der Waals surface area contributed by atoms with Crippen molar-refractivity contribution in [1.82, 2.24) is 4.90 Å². The van der Waals surface area contributed by atoms with Crippen molar-refractivity contribution in [1.29, 1.82) is 0 Å². The van der Waals surface area contributed by atoms with Gasteiger partial charge in [-0.3, -0.25) is 4.79 Å². The summed E-state index contributed by atoms with van der Waals surface area (Å²) in [4.78, 5) is 25.8. The highest BCUT2D eigenvalue weighted by Crippen LogP contribution is 2.28. The van der Waals surface area contributed by atoms with Crippen molar-refractivity contribution >= 4 is 17.7 Å². The van der Waals surface area contributed by atoms with E-state index in [1.807, 2.05) is 24.3 Å². The normalized spacial score (nSPS) is 16.7. The van der Waals surface area contributed by atoms with Crippen LogP contribution in [0.4, 0.5) is 14.9 Å². The molecule has 6 heteroatoms. The average Bonchev–Trinajstić information content (AvgIpc) is 2.70. The van der Waals surface area contributed by atoms with Gasteiger partial charge in [-0.15, -0.1) is 0 Å². The lowest BCUT2D eigenvalue weighted by atomic mass is 9.89. The number of nitrogens with one attached hydrogen (secondary N) is 1. The highest BCUT2D eigenvalue weighted by molar-refractivity contribution is 5.89. The first-order chi connectivity index (χ1) is 13.0. The zero-order chi connectivity index (χ0) is 19.2. The van der Waals surface area contributed by atoms with Gasteiger partial charge >= 0.3 is 12.0 Å². The SMILES string of the molecule is COC(=O)Cc1cccc(C2CCCN(C(=O)Nc3ccc(F)cc3)C2)c1. The van der Waals surface area contributed by atoms with Gasteiger partial charge in [-0.25, -0.2) is 9.18 Å². The van der Waals surface area contributed by atoms with E-state index in [0.717, 1.165) is 24.0 Å². The van der Waals surface area contributed by atoms with Gasteiger partial charge in [-0.1, -0.05) is 24.3 Å². The Morgan fingerprint density at radius 1 is 1.22 bits per heavy atom. The molecule has 1 saturated heterocycles. The molecule has 1 heterocycles. The summed E-state index contributed by atoms with van der Waals surface area (Å²) in [5.41, 5.74) is 2.60. The molecule has 1 unspecified atom stereocenters. The molecule has 2 aromatic rings. The number of amides is 2. The van der Waals surface area contributed by atoms with Gasteiger partial charge in [0, 0.05) is 24.7 Å². The van der Waals surface area contributed by atoms with Crippen LogP contribution in [0.1, 0.15) is 29.9 Å². The minimum Gasteiger partial charge on any atom is -0.469 e. The topological polar surface area (TPSA) is 58.6 Å². The van der Waals surface area contributed by atoms with Gasteiger partial charge in [0.15, 0.2) is 0 Å². The lowest BCUT2D eigenvalue weighted by molar-refractivity contribution is -0.139. The molecule has 1 N–H and O–H groups in total. The number of esters is 1. The molecule has 0 spiro atoms. The average molecular weight is 370 g/mol. The molecular formula is C21H23FN2O3. The Kier molecular flexibility index (Phi) is 6.06. The Balaban J connectivity index is 1.65. The van der Waals surface area contributed by atoms with Crippen molar-refractivity contribution in [2.24, 2.45) is 0 Å². The summed E-state index contributed by atoms with van der Waals surface area (Å²) in [7, 11) is 1.38. The number of methoxy groups -OCH3 is 1. The number of carbonyl (C=O) groups is 2. The monoisotopic (exact) mass is 370 g/mol. The van der Waals surface area contributed by atoms with Crippen LogP contribution in [0.15, 0.2) is 48.5 Å². The molecule has 27 heavy (non-hydrogen) atoms. The minimum atomic E-state index is -0.335. The summed E-state index contributed by atoms with van der Waals surface area (Å²) >= 11 is 0. The molecule has 0 radical (unpaired) electrons. The number of urea groups is 1. The molecule has 5 nitrogen and oxygen atoms in total. The number of nitrogens with zero attached hydrogens (tertiary/aromatic N) is 1. The molecule has 0 aliphatic carbocycles. The van der Waals surface area contributed by atoms with Crippen LogP contribution in [0.5, 0.6) is 0 Å². The smallest absolute Gasteiger partial charge is 0.321 e. The van der Waals surface area contributed by atoms with Gasteiger partial charge in [0.05, 0.1) is 13.5 Å². The molecule has 1 fully saturated rings. The maximum absolute atomic E-state index is 13.0. The number of likely N-dealkylation sites (tertiary alicyclic amines) is 1. The Morgan fingerprint density at radius 3 is 2.74 bits per heavy atom. The number of halogens is 1. The number of benzene rings is 2.